The van der Waals surface area contributed by atoms with E-state index >= 15 is 0 Å². The summed E-state index contributed by atoms with van der Waals surface area (Å²) >= 11 is 0. The molecular weight excluding hydrogens is 422 g/mol. The lowest BCUT2D eigenvalue weighted by Crippen LogP contribution is -2.35. The maximum atomic E-state index is 12.5. The Morgan fingerprint density at radius 1 is 0.882 bits per heavy atom. The molecule has 0 aromatic heterocycles. The molecule has 2 unspecified atom stereocenters. The molecule has 0 N–H and O–H groups in total. The molecular formula is C30H31NO3. The highest BCUT2D eigenvalue weighted by molar-refractivity contribution is 5.96. The number of hydrogen-bond donors (Lipinski definition) is 0. The van der Waals surface area contributed by atoms with E-state index in [1.807, 2.05) is 49.4 Å². The minimum atomic E-state index is -0.676. The molecule has 3 aromatic carbocycles. The Morgan fingerprint density at radius 2 is 1.44 bits per heavy atom. The Morgan fingerprint density at radius 3 is 2.00 bits per heavy atom. The fraction of sp³-hybridized carbons (Fsp3) is 0.267. The summed E-state index contributed by atoms with van der Waals surface area (Å²) in [6.07, 6.45) is 3.49. The average molecular weight is 454 g/mol. The van der Waals surface area contributed by atoms with E-state index in [-0.39, 0.29) is 23.9 Å². The largest absolute Gasteiger partial charge is 0.458 e. The van der Waals surface area contributed by atoms with E-state index < -0.39 is 6.10 Å². The van der Waals surface area contributed by atoms with Crippen LogP contribution in [-0.4, -0.2) is 17.8 Å². The van der Waals surface area contributed by atoms with Gasteiger partial charge in [0.05, 0.1) is 5.71 Å². The third-order valence-corrected chi connectivity index (χ3v) is 6.00. The molecule has 4 heteroatoms. The minimum absolute atomic E-state index is 0.0956. The second kappa shape index (κ2) is 10.1. The molecule has 1 aliphatic rings. The summed E-state index contributed by atoms with van der Waals surface area (Å²) in [5.74, 6) is -0.472. The van der Waals surface area contributed by atoms with Crippen molar-refractivity contribution in [1.82, 2.24) is 0 Å². The molecule has 0 bridgehead atoms. The highest BCUT2D eigenvalue weighted by Crippen LogP contribution is 2.30. The number of ether oxygens (including phenoxy) is 1. The minimum Gasteiger partial charge on any atom is -0.458 e. The van der Waals surface area contributed by atoms with Crippen molar-refractivity contribution in [3.63, 3.8) is 0 Å². The smallest absolute Gasteiger partial charge is 0.351 e. The van der Waals surface area contributed by atoms with Gasteiger partial charge in [-0.25, -0.2) is 4.79 Å². The van der Waals surface area contributed by atoms with E-state index in [2.05, 4.69) is 74.5 Å². The summed E-state index contributed by atoms with van der Waals surface area (Å²) in [5.41, 5.74) is 6.32. The number of carbonyl (C=O) groups is 1. The van der Waals surface area contributed by atoms with Gasteiger partial charge in [-0.1, -0.05) is 124 Å². The van der Waals surface area contributed by atoms with Crippen LogP contribution in [0, 0.1) is 11.3 Å². The Bertz CT molecular complexity index is 1170. The van der Waals surface area contributed by atoms with Gasteiger partial charge in [0.2, 0.25) is 6.10 Å². The summed E-state index contributed by atoms with van der Waals surface area (Å²) in [5, 5.41) is 4.13. The van der Waals surface area contributed by atoms with Gasteiger partial charge in [-0.15, -0.1) is 0 Å². The van der Waals surface area contributed by atoms with Crippen LogP contribution in [0.25, 0.3) is 23.3 Å². The first-order valence-electron chi connectivity index (χ1n) is 11.6. The molecule has 1 heterocycles. The van der Waals surface area contributed by atoms with Crippen LogP contribution in [0.2, 0.25) is 0 Å². The molecule has 174 valence electrons. The van der Waals surface area contributed by atoms with Gasteiger partial charge < -0.3 is 9.57 Å². The lowest BCUT2D eigenvalue weighted by atomic mass is 9.81. The first-order chi connectivity index (χ1) is 16.3. The lowest BCUT2D eigenvalue weighted by molar-refractivity contribution is -0.158. The molecule has 3 aromatic rings. The highest BCUT2D eigenvalue weighted by Gasteiger charge is 2.41. The first-order valence-corrected chi connectivity index (χ1v) is 11.6. The fourth-order valence-corrected chi connectivity index (χ4v) is 4.07. The summed E-state index contributed by atoms with van der Waals surface area (Å²) in [6.45, 7) is 8.36. The quantitative estimate of drug-likeness (QED) is 0.298. The Balaban J connectivity index is 1.30. The van der Waals surface area contributed by atoms with Crippen molar-refractivity contribution in [2.75, 3.05) is 0 Å². The van der Waals surface area contributed by atoms with Crippen molar-refractivity contribution in [3.8, 4) is 11.1 Å². The molecule has 0 fully saturated rings. The van der Waals surface area contributed by atoms with Crippen LogP contribution in [-0.2, 0) is 21.0 Å². The van der Waals surface area contributed by atoms with Crippen molar-refractivity contribution in [1.29, 1.82) is 0 Å². The molecule has 4 nitrogen and oxygen atoms in total. The first kappa shape index (κ1) is 23.5. The average Bonchev–Trinajstić information content (AvgIpc) is 3.25. The summed E-state index contributed by atoms with van der Waals surface area (Å²) in [7, 11) is 0. The van der Waals surface area contributed by atoms with Crippen LogP contribution in [0.4, 0.5) is 0 Å². The van der Waals surface area contributed by atoms with Gasteiger partial charge in [-0.2, -0.15) is 0 Å². The number of carbonyl (C=O) groups excluding carboxylic acids is 1. The van der Waals surface area contributed by atoms with Gasteiger partial charge >= 0.3 is 5.97 Å². The van der Waals surface area contributed by atoms with Gasteiger partial charge in [0, 0.05) is 11.3 Å². The van der Waals surface area contributed by atoms with Crippen molar-refractivity contribution in [2.24, 2.45) is 16.5 Å². The zero-order valence-electron chi connectivity index (χ0n) is 20.2. The van der Waals surface area contributed by atoms with Crippen LogP contribution in [0.15, 0.2) is 84.0 Å². The number of hydrogen-bond acceptors (Lipinski definition) is 4. The molecule has 1 aliphatic heterocycles. The van der Waals surface area contributed by atoms with Gasteiger partial charge in [0.15, 0.2) is 0 Å². The number of rotatable bonds is 6. The number of esters is 1. The van der Waals surface area contributed by atoms with Crippen molar-refractivity contribution in [2.45, 2.75) is 40.4 Å². The van der Waals surface area contributed by atoms with E-state index in [4.69, 9.17) is 9.57 Å². The van der Waals surface area contributed by atoms with E-state index in [0.717, 1.165) is 22.4 Å². The molecule has 0 spiro atoms. The van der Waals surface area contributed by atoms with Gasteiger partial charge in [-0.05, 0) is 27.8 Å². The summed E-state index contributed by atoms with van der Waals surface area (Å²) < 4.78 is 5.50. The van der Waals surface area contributed by atoms with Crippen LogP contribution in [0.3, 0.4) is 0 Å². The van der Waals surface area contributed by atoms with Gasteiger partial charge in [-0.3, -0.25) is 0 Å². The standard InChI is InChI=1S/C30H31NO3/c1-21-27(34-31-28(21)30(2,3)4)29(32)33-20-24-14-12-22(13-15-24)10-11-23-16-18-26(19-17-23)25-8-6-5-7-9-25/h5-19,21,27H,20H2,1-4H3/b11-10+. The van der Waals surface area contributed by atoms with Crippen molar-refractivity contribution < 1.29 is 14.4 Å². The normalized spacial score (nSPS) is 17.9. The predicted octanol–water partition coefficient (Wildman–Crippen LogP) is 7.00. The fourth-order valence-electron chi connectivity index (χ4n) is 4.07. The van der Waals surface area contributed by atoms with E-state index in [0.29, 0.717) is 0 Å². The molecule has 0 saturated heterocycles. The number of benzene rings is 3. The lowest BCUT2D eigenvalue weighted by Gasteiger charge is -2.21. The van der Waals surface area contributed by atoms with Crippen LogP contribution >= 0.6 is 0 Å². The highest BCUT2D eigenvalue weighted by atomic mass is 16.7. The second-order valence-corrected chi connectivity index (χ2v) is 9.71. The van der Waals surface area contributed by atoms with Gasteiger partial charge in [0.25, 0.3) is 0 Å². The summed E-state index contributed by atoms with van der Waals surface area (Å²) in [4.78, 5) is 17.9. The summed E-state index contributed by atoms with van der Waals surface area (Å²) in [6, 6.07) is 26.8. The molecule has 34 heavy (non-hydrogen) atoms. The molecule has 0 saturated carbocycles. The topological polar surface area (TPSA) is 47.9 Å². The van der Waals surface area contributed by atoms with Crippen molar-refractivity contribution in [3.05, 3.63) is 95.6 Å². The molecule has 0 amide bonds. The van der Waals surface area contributed by atoms with Crippen LogP contribution in [0.5, 0.6) is 0 Å². The predicted molar refractivity (Wildman–Crippen MR) is 138 cm³/mol. The van der Waals surface area contributed by atoms with E-state index in [1.165, 1.54) is 11.1 Å². The van der Waals surface area contributed by atoms with Crippen LogP contribution < -0.4 is 0 Å². The van der Waals surface area contributed by atoms with Gasteiger partial charge in [0.1, 0.15) is 6.61 Å². The van der Waals surface area contributed by atoms with Crippen molar-refractivity contribution >= 4 is 23.8 Å². The molecule has 0 aliphatic carbocycles. The number of nitrogens with zero attached hydrogens (tertiary/aromatic N) is 1. The monoisotopic (exact) mass is 453 g/mol. The Hall–Kier alpha value is -3.66. The maximum Gasteiger partial charge on any atom is 0.351 e. The zero-order valence-corrected chi connectivity index (χ0v) is 20.2. The SMILES string of the molecule is CC1C(C(C)(C)C)=NOC1C(=O)OCc1ccc(/C=C/c2ccc(-c3ccccc3)cc2)cc1. The Kier molecular flexibility index (Phi) is 6.97. The molecule has 0 radical (unpaired) electrons. The molecule has 2 atom stereocenters. The number of oxime groups is 1. The third-order valence-electron chi connectivity index (χ3n) is 6.00. The Labute approximate surface area is 201 Å². The van der Waals surface area contributed by atoms with E-state index in [9.17, 15) is 4.79 Å². The van der Waals surface area contributed by atoms with Crippen LogP contribution in [0.1, 0.15) is 44.4 Å². The second-order valence-electron chi connectivity index (χ2n) is 9.71. The third kappa shape index (κ3) is 5.63. The van der Waals surface area contributed by atoms with E-state index in [1.54, 1.807) is 0 Å². The maximum absolute atomic E-state index is 12.5. The zero-order chi connectivity index (χ0) is 24.1. The molecule has 4 rings (SSSR count).